The Hall–Kier alpha value is -1.31. The molecule has 2 heteroatoms. The Labute approximate surface area is 79.3 Å². The van der Waals surface area contributed by atoms with Gasteiger partial charge in [0.15, 0.2) is 0 Å². The van der Waals surface area contributed by atoms with Crippen molar-refractivity contribution in [3.63, 3.8) is 0 Å². The lowest BCUT2D eigenvalue weighted by molar-refractivity contribution is 0.212. The quantitative estimate of drug-likeness (QED) is 0.369. The van der Waals surface area contributed by atoms with Gasteiger partial charge in [-0.3, -0.25) is 0 Å². The van der Waals surface area contributed by atoms with Crippen LogP contribution < -0.4 is 0 Å². The van der Waals surface area contributed by atoms with Crippen LogP contribution in [0.5, 0.6) is 0 Å². The first-order chi connectivity index (χ1) is 6.23. The lowest BCUT2D eigenvalue weighted by Crippen LogP contribution is -2.24. The van der Waals surface area contributed by atoms with E-state index in [1.54, 1.807) is 13.3 Å². The molecule has 0 aromatic rings. The topological polar surface area (TPSA) is 21.6 Å². The van der Waals surface area contributed by atoms with E-state index in [0.29, 0.717) is 0 Å². The van der Waals surface area contributed by atoms with E-state index in [2.05, 4.69) is 35.6 Å². The van der Waals surface area contributed by atoms with Gasteiger partial charge in [-0.05, 0) is 0 Å². The molecule has 2 atom stereocenters. The van der Waals surface area contributed by atoms with Crippen molar-refractivity contribution in [2.45, 2.75) is 6.92 Å². The molecule has 0 spiro atoms. The van der Waals surface area contributed by atoms with E-state index >= 15 is 0 Å². The maximum absolute atomic E-state index is 4.66. The van der Waals surface area contributed by atoms with Crippen molar-refractivity contribution in [1.29, 1.82) is 0 Å². The highest BCUT2D eigenvalue weighted by Crippen LogP contribution is 2.32. The van der Waals surface area contributed by atoms with Crippen molar-refractivity contribution in [3.8, 4) is 0 Å². The number of nitrogens with zero attached hydrogens (tertiary/aromatic N) is 1. The number of hydrogen-bond donors (Lipinski definition) is 0. The summed E-state index contributed by atoms with van der Waals surface area (Å²) in [6, 6.07) is 0. The van der Waals surface area contributed by atoms with Crippen molar-refractivity contribution < 1.29 is 4.84 Å². The number of rotatable bonds is 3. The zero-order valence-electron chi connectivity index (χ0n) is 8.10. The first kappa shape index (κ1) is 9.78. The van der Waals surface area contributed by atoms with E-state index in [4.69, 9.17) is 0 Å². The Balaban J connectivity index is 2.82. The molecule has 0 fully saturated rings. The van der Waals surface area contributed by atoms with E-state index in [1.807, 2.05) is 18.2 Å². The molecule has 0 amide bonds. The van der Waals surface area contributed by atoms with Gasteiger partial charge in [-0.25, -0.2) is 0 Å². The summed E-state index contributed by atoms with van der Waals surface area (Å²) in [5, 5.41) is 3.78. The van der Waals surface area contributed by atoms with Gasteiger partial charge in [0.25, 0.3) is 0 Å². The molecule has 0 saturated heterocycles. The summed E-state index contributed by atoms with van der Waals surface area (Å²) in [7, 11) is 1.55. The third-order valence-corrected chi connectivity index (χ3v) is 2.37. The van der Waals surface area contributed by atoms with Gasteiger partial charge in [-0.1, -0.05) is 42.5 Å². The summed E-state index contributed by atoms with van der Waals surface area (Å²) < 4.78 is 0. The Bertz CT molecular complexity index is 265. The zero-order chi connectivity index (χ0) is 9.73. The van der Waals surface area contributed by atoms with Gasteiger partial charge in [0.05, 0.1) is 6.21 Å². The maximum atomic E-state index is 4.66. The van der Waals surface area contributed by atoms with E-state index in [-0.39, 0.29) is 11.3 Å². The molecule has 1 aliphatic rings. The van der Waals surface area contributed by atoms with Crippen LogP contribution in [0.1, 0.15) is 6.92 Å². The number of allylic oxidation sites excluding steroid dienone is 5. The second kappa shape index (κ2) is 4.08. The predicted molar refractivity (Wildman–Crippen MR) is 55.6 cm³/mol. The van der Waals surface area contributed by atoms with Gasteiger partial charge < -0.3 is 4.84 Å². The van der Waals surface area contributed by atoms with E-state index < -0.39 is 0 Å². The fourth-order valence-electron chi connectivity index (χ4n) is 1.31. The summed E-state index contributed by atoms with van der Waals surface area (Å²) in [5.41, 5.74) is -0.0449. The van der Waals surface area contributed by atoms with Crippen molar-refractivity contribution in [3.05, 3.63) is 37.0 Å². The average Bonchev–Trinajstić information content (AvgIpc) is 2.17. The van der Waals surface area contributed by atoms with Crippen molar-refractivity contribution in [2.24, 2.45) is 16.5 Å². The molecule has 0 bridgehead atoms. The molecule has 2 nitrogen and oxygen atoms in total. The van der Waals surface area contributed by atoms with Gasteiger partial charge in [0, 0.05) is 11.3 Å². The van der Waals surface area contributed by atoms with Gasteiger partial charge in [0.2, 0.25) is 0 Å². The fraction of sp³-hybridized carbons (Fsp3) is 0.364. The Morgan fingerprint density at radius 3 is 2.92 bits per heavy atom. The first-order valence-electron chi connectivity index (χ1n) is 4.29. The molecular weight excluding hydrogens is 162 g/mol. The number of hydrogen-bond acceptors (Lipinski definition) is 2. The Morgan fingerprint density at radius 1 is 1.54 bits per heavy atom. The molecule has 1 aliphatic carbocycles. The van der Waals surface area contributed by atoms with E-state index in [0.717, 1.165) is 0 Å². The molecule has 70 valence electrons. The van der Waals surface area contributed by atoms with Crippen LogP contribution in [-0.2, 0) is 4.84 Å². The third-order valence-electron chi connectivity index (χ3n) is 2.37. The van der Waals surface area contributed by atoms with Crippen LogP contribution in [0.2, 0.25) is 0 Å². The predicted octanol–water partition coefficient (Wildman–Crippen LogP) is 2.55. The zero-order valence-corrected chi connectivity index (χ0v) is 8.10. The minimum atomic E-state index is -0.0449. The molecule has 0 saturated carbocycles. The maximum Gasteiger partial charge on any atom is 0.106 e. The molecule has 2 unspecified atom stereocenters. The van der Waals surface area contributed by atoms with Crippen LogP contribution in [0.15, 0.2) is 42.1 Å². The second-order valence-corrected chi connectivity index (χ2v) is 3.28. The first-order valence-corrected chi connectivity index (χ1v) is 4.29. The largest absolute Gasteiger partial charge is 0.399 e. The van der Waals surface area contributed by atoms with E-state index in [1.165, 1.54) is 0 Å². The molecular formula is C11H15NO. The Morgan fingerprint density at radius 2 is 2.31 bits per heavy atom. The molecule has 0 aromatic carbocycles. The highest BCUT2D eigenvalue weighted by atomic mass is 16.6. The molecule has 1 rings (SSSR count). The van der Waals surface area contributed by atoms with E-state index in [9.17, 15) is 0 Å². The second-order valence-electron chi connectivity index (χ2n) is 3.28. The normalized spacial score (nSPS) is 32.3. The SMILES string of the molecule is C=CC1(C)C=CC=CC1/C=N/OC. The highest BCUT2D eigenvalue weighted by Gasteiger charge is 2.26. The third kappa shape index (κ3) is 2.08. The van der Waals surface area contributed by atoms with Crippen molar-refractivity contribution in [1.82, 2.24) is 0 Å². The minimum absolute atomic E-state index is 0.0449. The Kier molecular flexibility index (Phi) is 3.07. The average molecular weight is 177 g/mol. The standard InChI is InChI=1S/C11H15NO/c1-4-11(2)8-6-5-7-10(11)9-12-13-3/h4-10H,1H2,2-3H3/b12-9+. The van der Waals surface area contributed by atoms with Crippen LogP contribution in [0, 0.1) is 11.3 Å². The lowest BCUT2D eigenvalue weighted by atomic mass is 9.75. The fourth-order valence-corrected chi connectivity index (χ4v) is 1.31. The lowest BCUT2D eigenvalue weighted by Gasteiger charge is -2.28. The molecule has 0 aliphatic heterocycles. The molecule has 0 radical (unpaired) electrons. The molecule has 0 N–H and O–H groups in total. The van der Waals surface area contributed by atoms with Crippen LogP contribution in [0.4, 0.5) is 0 Å². The van der Waals surface area contributed by atoms with Crippen molar-refractivity contribution >= 4 is 6.21 Å². The van der Waals surface area contributed by atoms with Crippen LogP contribution in [0.3, 0.4) is 0 Å². The van der Waals surface area contributed by atoms with Crippen LogP contribution in [-0.4, -0.2) is 13.3 Å². The minimum Gasteiger partial charge on any atom is -0.399 e. The van der Waals surface area contributed by atoms with Crippen LogP contribution in [0.25, 0.3) is 0 Å². The smallest absolute Gasteiger partial charge is 0.106 e. The monoisotopic (exact) mass is 177 g/mol. The van der Waals surface area contributed by atoms with Gasteiger partial charge in [-0.15, -0.1) is 6.58 Å². The molecule has 0 aromatic heterocycles. The van der Waals surface area contributed by atoms with Gasteiger partial charge in [0.1, 0.15) is 7.11 Å². The number of oxime groups is 1. The summed E-state index contributed by atoms with van der Waals surface area (Å²) in [4.78, 5) is 4.66. The summed E-state index contributed by atoms with van der Waals surface area (Å²) in [5.74, 6) is 0.231. The van der Waals surface area contributed by atoms with Gasteiger partial charge in [-0.2, -0.15) is 0 Å². The van der Waals surface area contributed by atoms with Gasteiger partial charge >= 0.3 is 0 Å². The molecule has 0 heterocycles. The summed E-state index contributed by atoms with van der Waals surface area (Å²) in [6.45, 7) is 5.94. The van der Waals surface area contributed by atoms with Crippen LogP contribution >= 0.6 is 0 Å². The van der Waals surface area contributed by atoms with Crippen molar-refractivity contribution in [2.75, 3.05) is 7.11 Å². The molecule has 13 heavy (non-hydrogen) atoms. The summed E-state index contributed by atoms with van der Waals surface area (Å²) in [6.07, 6.45) is 12.0. The highest BCUT2D eigenvalue weighted by molar-refractivity contribution is 5.66. The summed E-state index contributed by atoms with van der Waals surface area (Å²) >= 11 is 0.